The Morgan fingerprint density at radius 1 is 0.800 bits per heavy atom. The second-order valence-corrected chi connectivity index (χ2v) is 3.85. The molecule has 0 atom stereocenters. The molecule has 0 heterocycles. The first-order valence-electron chi connectivity index (χ1n) is 4.81. The Morgan fingerprint density at radius 2 is 1.50 bits per heavy atom. The molecule has 2 saturated carbocycles. The summed E-state index contributed by atoms with van der Waals surface area (Å²) in [5.41, 5.74) is 0. The summed E-state index contributed by atoms with van der Waals surface area (Å²) in [6.07, 6.45) is 12.0. The van der Waals surface area contributed by atoms with Crippen LogP contribution in [0.15, 0.2) is 0 Å². The summed E-state index contributed by atoms with van der Waals surface area (Å²) in [5, 5.41) is 0. The van der Waals surface area contributed by atoms with Crippen LogP contribution in [0.4, 0.5) is 0 Å². The van der Waals surface area contributed by atoms with Gasteiger partial charge in [-0.2, -0.15) is 0 Å². The molecule has 0 amide bonds. The zero-order chi connectivity index (χ0) is 6.81. The predicted molar refractivity (Wildman–Crippen MR) is 43.7 cm³/mol. The van der Waals surface area contributed by atoms with Crippen LogP contribution in [0.5, 0.6) is 0 Å². The van der Waals surface area contributed by atoms with Crippen molar-refractivity contribution in [1.29, 1.82) is 0 Å². The fourth-order valence-corrected chi connectivity index (χ4v) is 2.30. The van der Waals surface area contributed by atoms with Gasteiger partial charge in [-0.1, -0.05) is 25.7 Å². The first-order chi connectivity index (χ1) is 4.97. The molecule has 0 spiro atoms. The van der Waals surface area contributed by atoms with Gasteiger partial charge in [0.05, 0.1) is 0 Å². The lowest BCUT2D eigenvalue weighted by Gasteiger charge is -2.35. The first-order valence-corrected chi connectivity index (χ1v) is 4.81. The molecule has 0 aromatic carbocycles. The van der Waals surface area contributed by atoms with E-state index in [0.29, 0.717) is 0 Å². The lowest BCUT2D eigenvalue weighted by molar-refractivity contribution is 0.306. The maximum absolute atomic E-state index is 1.92. The van der Waals surface area contributed by atoms with Crippen LogP contribution in [0.25, 0.3) is 0 Å². The predicted octanol–water partition coefficient (Wildman–Crippen LogP) is 3.33. The topological polar surface area (TPSA) is 0 Å². The molecule has 0 bridgehead atoms. The normalized spacial score (nSPS) is 30.0. The fraction of sp³-hybridized carbons (Fsp3) is 0.900. The summed E-state index contributed by atoms with van der Waals surface area (Å²) in [6, 6.07) is 0. The summed E-state index contributed by atoms with van der Waals surface area (Å²) in [4.78, 5) is 0. The minimum Gasteiger partial charge on any atom is -0.0533 e. The summed E-state index contributed by atoms with van der Waals surface area (Å²) in [7, 11) is 0. The first kappa shape index (κ1) is 6.69. The maximum Gasteiger partial charge on any atom is -0.0210 e. The van der Waals surface area contributed by atoms with E-state index in [9.17, 15) is 0 Å². The fourth-order valence-electron chi connectivity index (χ4n) is 2.30. The van der Waals surface area contributed by atoms with E-state index in [4.69, 9.17) is 0 Å². The van der Waals surface area contributed by atoms with E-state index in [1.165, 1.54) is 51.4 Å². The zero-order valence-electron chi connectivity index (χ0n) is 6.73. The highest BCUT2D eigenvalue weighted by Crippen LogP contribution is 2.42. The van der Waals surface area contributed by atoms with Gasteiger partial charge in [-0.3, -0.25) is 0 Å². The van der Waals surface area contributed by atoms with Crippen LogP contribution < -0.4 is 0 Å². The molecule has 0 aliphatic heterocycles. The van der Waals surface area contributed by atoms with E-state index >= 15 is 0 Å². The molecule has 2 fully saturated rings. The van der Waals surface area contributed by atoms with E-state index in [1.807, 2.05) is 5.92 Å². The molecule has 2 rings (SSSR count). The summed E-state index contributed by atoms with van der Waals surface area (Å²) in [5.74, 6) is 2.99. The van der Waals surface area contributed by atoms with Crippen molar-refractivity contribution in [2.24, 2.45) is 5.92 Å². The maximum atomic E-state index is 1.92. The Kier molecular flexibility index (Phi) is 1.97. The van der Waals surface area contributed by atoms with E-state index in [1.54, 1.807) is 0 Å². The smallest absolute Gasteiger partial charge is 0.0210 e. The van der Waals surface area contributed by atoms with Gasteiger partial charge in [0, 0.05) is 0 Å². The molecule has 57 valence electrons. The van der Waals surface area contributed by atoms with Crippen molar-refractivity contribution in [3.8, 4) is 0 Å². The van der Waals surface area contributed by atoms with Gasteiger partial charge in [0.2, 0.25) is 0 Å². The van der Waals surface area contributed by atoms with Crippen molar-refractivity contribution < 1.29 is 0 Å². The largest absolute Gasteiger partial charge is 0.0533 e. The Morgan fingerprint density at radius 3 is 2.00 bits per heavy atom. The van der Waals surface area contributed by atoms with E-state index < -0.39 is 0 Å². The monoisotopic (exact) mass is 137 g/mol. The molecule has 2 aliphatic carbocycles. The van der Waals surface area contributed by atoms with Gasteiger partial charge < -0.3 is 0 Å². The quantitative estimate of drug-likeness (QED) is 0.520. The standard InChI is InChI=1S/C10H17/c1-2-5-9(6-3-1)10-7-4-8-10/h9H,1-8H2. The molecule has 10 heavy (non-hydrogen) atoms. The highest BCUT2D eigenvalue weighted by Gasteiger charge is 2.28. The number of rotatable bonds is 1. The lowest BCUT2D eigenvalue weighted by atomic mass is 9.70. The van der Waals surface area contributed by atoms with Crippen LogP contribution in [0.3, 0.4) is 0 Å². The third-order valence-electron chi connectivity index (χ3n) is 3.18. The van der Waals surface area contributed by atoms with Crippen molar-refractivity contribution in [3.63, 3.8) is 0 Å². The van der Waals surface area contributed by atoms with E-state index in [2.05, 4.69) is 0 Å². The van der Waals surface area contributed by atoms with Gasteiger partial charge in [0.25, 0.3) is 0 Å². The van der Waals surface area contributed by atoms with Crippen molar-refractivity contribution >= 4 is 0 Å². The van der Waals surface area contributed by atoms with Crippen LogP contribution in [0.2, 0.25) is 0 Å². The van der Waals surface area contributed by atoms with Crippen molar-refractivity contribution in [1.82, 2.24) is 0 Å². The van der Waals surface area contributed by atoms with Gasteiger partial charge in [0.1, 0.15) is 0 Å². The van der Waals surface area contributed by atoms with E-state index in [-0.39, 0.29) is 0 Å². The number of hydrogen-bond donors (Lipinski definition) is 0. The van der Waals surface area contributed by atoms with Crippen molar-refractivity contribution in [2.45, 2.75) is 51.4 Å². The van der Waals surface area contributed by atoms with Gasteiger partial charge >= 0.3 is 0 Å². The molecule has 0 heteroatoms. The lowest BCUT2D eigenvalue weighted by Crippen LogP contribution is -2.21. The van der Waals surface area contributed by atoms with Crippen LogP contribution in [0.1, 0.15) is 51.4 Å². The SMILES string of the molecule is C1CCC([C]2CCC2)CC1. The minimum atomic E-state index is 1.07. The second kappa shape index (κ2) is 2.94. The zero-order valence-corrected chi connectivity index (χ0v) is 6.73. The van der Waals surface area contributed by atoms with Crippen LogP contribution >= 0.6 is 0 Å². The van der Waals surface area contributed by atoms with Gasteiger partial charge in [-0.05, 0) is 37.5 Å². The molecular weight excluding hydrogens is 120 g/mol. The minimum absolute atomic E-state index is 1.07. The Labute approximate surface area is 64.0 Å². The molecule has 2 aliphatic rings. The number of hydrogen-bond acceptors (Lipinski definition) is 0. The third kappa shape index (κ3) is 1.21. The molecule has 1 radical (unpaired) electrons. The van der Waals surface area contributed by atoms with E-state index in [0.717, 1.165) is 5.92 Å². The molecule has 0 N–H and O–H groups in total. The molecule has 0 unspecified atom stereocenters. The average Bonchev–Trinajstić information content (AvgIpc) is 1.86. The Balaban J connectivity index is 1.78. The Bertz CT molecular complexity index is 96.6. The summed E-state index contributed by atoms with van der Waals surface area (Å²) in [6.45, 7) is 0. The van der Waals surface area contributed by atoms with Crippen LogP contribution in [-0.4, -0.2) is 0 Å². The molecule has 0 saturated heterocycles. The van der Waals surface area contributed by atoms with Crippen molar-refractivity contribution in [2.75, 3.05) is 0 Å². The average molecular weight is 137 g/mol. The van der Waals surface area contributed by atoms with Gasteiger partial charge in [0.15, 0.2) is 0 Å². The highest BCUT2D eigenvalue weighted by molar-refractivity contribution is 5.03. The van der Waals surface area contributed by atoms with Gasteiger partial charge in [-0.15, -0.1) is 0 Å². The van der Waals surface area contributed by atoms with Gasteiger partial charge in [-0.25, -0.2) is 0 Å². The van der Waals surface area contributed by atoms with Crippen LogP contribution in [-0.2, 0) is 0 Å². The van der Waals surface area contributed by atoms with Crippen LogP contribution in [0, 0.1) is 11.8 Å². The van der Waals surface area contributed by atoms with Crippen molar-refractivity contribution in [3.05, 3.63) is 5.92 Å². The molecular formula is C10H17. The second-order valence-electron chi connectivity index (χ2n) is 3.85. The highest BCUT2D eigenvalue weighted by atomic mass is 14.3. The Hall–Kier alpha value is 0. The molecule has 0 aromatic heterocycles. The molecule has 0 nitrogen and oxygen atoms in total. The third-order valence-corrected chi connectivity index (χ3v) is 3.18. The summed E-state index contributed by atoms with van der Waals surface area (Å²) < 4.78 is 0. The summed E-state index contributed by atoms with van der Waals surface area (Å²) >= 11 is 0. The molecule has 0 aromatic rings.